The van der Waals surface area contributed by atoms with Crippen LogP contribution >= 0.6 is 27.7 Å². The van der Waals surface area contributed by atoms with Gasteiger partial charge in [0.25, 0.3) is 0 Å². The molecule has 2 aliphatic rings. The summed E-state index contributed by atoms with van der Waals surface area (Å²) in [6.45, 7) is 0. The highest BCUT2D eigenvalue weighted by Crippen LogP contribution is 2.62. The summed E-state index contributed by atoms with van der Waals surface area (Å²) in [5.74, 6) is -0.586. The van der Waals surface area contributed by atoms with E-state index in [9.17, 15) is 14.7 Å². The van der Waals surface area contributed by atoms with E-state index in [4.69, 9.17) is 0 Å². The minimum atomic E-state index is -1.02. The van der Waals surface area contributed by atoms with Gasteiger partial charge in [0, 0.05) is 27.2 Å². The number of hydrogen-bond donors (Lipinski definition) is 2. The molecule has 0 aliphatic carbocycles. The second-order valence-corrected chi connectivity index (χ2v) is 10.1. The number of fused-ring (bicyclic) bond motifs is 2. The summed E-state index contributed by atoms with van der Waals surface area (Å²) in [5.41, 5.74) is 3.10. The molecular formula is C25H20BrNO3S. The van der Waals surface area contributed by atoms with Crippen LogP contribution in [0, 0.1) is 0 Å². The zero-order chi connectivity index (χ0) is 21.6. The quantitative estimate of drug-likeness (QED) is 0.496. The first-order chi connectivity index (χ1) is 15.0. The summed E-state index contributed by atoms with van der Waals surface area (Å²) in [4.78, 5) is 27.0. The third-order valence-electron chi connectivity index (χ3n) is 6.12. The van der Waals surface area contributed by atoms with Gasteiger partial charge in [-0.15, -0.1) is 11.8 Å². The van der Waals surface area contributed by atoms with Gasteiger partial charge in [-0.2, -0.15) is 0 Å². The Morgan fingerprint density at radius 1 is 1.00 bits per heavy atom. The minimum absolute atomic E-state index is 0.147. The number of rotatable bonds is 3. The van der Waals surface area contributed by atoms with Gasteiger partial charge < -0.3 is 10.4 Å². The van der Waals surface area contributed by atoms with Gasteiger partial charge in [-0.3, -0.25) is 9.59 Å². The van der Waals surface area contributed by atoms with Crippen LogP contribution < -0.4 is 5.32 Å². The number of nitrogens with one attached hydrogen (secondary N) is 1. The number of carbonyl (C=O) groups is 2. The van der Waals surface area contributed by atoms with Gasteiger partial charge in [0.05, 0.1) is 11.4 Å². The first kappa shape index (κ1) is 20.5. The van der Waals surface area contributed by atoms with Crippen LogP contribution in [0.25, 0.3) is 0 Å². The van der Waals surface area contributed by atoms with E-state index in [-0.39, 0.29) is 17.6 Å². The van der Waals surface area contributed by atoms with Crippen molar-refractivity contribution in [1.82, 2.24) is 0 Å². The topological polar surface area (TPSA) is 66.4 Å². The molecule has 1 fully saturated rings. The molecule has 4 atom stereocenters. The summed E-state index contributed by atoms with van der Waals surface area (Å²) in [6, 6.07) is 24.5. The maximum atomic E-state index is 13.6. The van der Waals surface area contributed by atoms with Crippen molar-refractivity contribution in [3.8, 4) is 0 Å². The smallest absolute Gasteiger partial charge is 0.245 e. The van der Waals surface area contributed by atoms with Crippen LogP contribution in [-0.4, -0.2) is 28.2 Å². The molecule has 0 bridgehead atoms. The van der Waals surface area contributed by atoms with E-state index in [0.717, 1.165) is 21.3 Å². The molecule has 4 nitrogen and oxygen atoms in total. The first-order valence-electron chi connectivity index (χ1n) is 10.1. The number of aliphatic hydroxyl groups is 1. The van der Waals surface area contributed by atoms with E-state index in [0.29, 0.717) is 12.0 Å². The lowest BCUT2D eigenvalue weighted by Gasteiger charge is -2.45. The molecule has 1 amide bonds. The van der Waals surface area contributed by atoms with Crippen LogP contribution in [0.15, 0.2) is 83.3 Å². The third kappa shape index (κ3) is 3.25. The van der Waals surface area contributed by atoms with Gasteiger partial charge in [0.1, 0.15) is 4.75 Å². The van der Waals surface area contributed by atoms with Crippen LogP contribution in [0.2, 0.25) is 0 Å². The molecule has 2 heterocycles. The standard InChI is InChI=1S/C25H20BrNO3S/c26-18-12-7-13-19-21(18)25(24(30)27-19)17(15-8-3-1-4-9-15)14-20(28)23(31-25)22(29)16-10-5-2-6-11-16/h1-13,17,20,23,28H,14H2,(H,27,30)/t17-,20+,23-,25+/m1/s1. The van der Waals surface area contributed by atoms with Crippen molar-refractivity contribution in [1.29, 1.82) is 0 Å². The Morgan fingerprint density at radius 3 is 2.39 bits per heavy atom. The SMILES string of the molecule is O=C(c1ccccc1)[C@@H]1S[C@@]2(C(=O)Nc3cccc(Br)c32)[C@@H](c2ccccc2)C[C@@H]1O. The molecule has 156 valence electrons. The van der Waals surface area contributed by atoms with Crippen molar-refractivity contribution in [3.63, 3.8) is 0 Å². The van der Waals surface area contributed by atoms with E-state index in [1.165, 1.54) is 11.8 Å². The normalized spacial score (nSPS) is 27.0. The highest BCUT2D eigenvalue weighted by Gasteiger charge is 2.60. The van der Waals surface area contributed by atoms with Gasteiger partial charge in [-0.1, -0.05) is 82.7 Å². The number of aliphatic hydroxyl groups excluding tert-OH is 1. The number of anilines is 1. The van der Waals surface area contributed by atoms with Gasteiger partial charge in [-0.05, 0) is 24.1 Å². The summed E-state index contributed by atoms with van der Waals surface area (Å²) < 4.78 is -0.204. The van der Waals surface area contributed by atoms with Crippen LogP contribution in [-0.2, 0) is 9.54 Å². The van der Waals surface area contributed by atoms with Crippen LogP contribution in [0.4, 0.5) is 5.69 Å². The Bertz CT molecular complexity index is 1150. The predicted molar refractivity (Wildman–Crippen MR) is 126 cm³/mol. The Labute approximate surface area is 193 Å². The van der Waals surface area contributed by atoms with Crippen LogP contribution in [0.5, 0.6) is 0 Å². The third-order valence-corrected chi connectivity index (χ3v) is 8.61. The molecule has 2 aliphatic heterocycles. The molecule has 1 spiro atoms. The largest absolute Gasteiger partial charge is 0.391 e. The summed E-state index contributed by atoms with van der Waals surface area (Å²) in [7, 11) is 0. The second kappa shape index (κ2) is 7.93. The highest BCUT2D eigenvalue weighted by atomic mass is 79.9. The van der Waals surface area contributed by atoms with Crippen molar-refractivity contribution < 1.29 is 14.7 Å². The monoisotopic (exact) mass is 493 g/mol. The maximum Gasteiger partial charge on any atom is 0.245 e. The predicted octanol–water partition coefficient (Wildman–Crippen LogP) is 5.13. The molecule has 3 aromatic rings. The highest BCUT2D eigenvalue weighted by molar-refractivity contribution is 9.10. The zero-order valence-electron chi connectivity index (χ0n) is 16.5. The van der Waals surface area contributed by atoms with E-state index in [1.807, 2.05) is 66.7 Å². The second-order valence-electron chi connectivity index (χ2n) is 7.89. The molecule has 1 saturated heterocycles. The molecule has 2 N–H and O–H groups in total. The lowest BCUT2D eigenvalue weighted by Crippen LogP contribution is -2.49. The van der Waals surface area contributed by atoms with Gasteiger partial charge in [-0.25, -0.2) is 0 Å². The lowest BCUT2D eigenvalue weighted by molar-refractivity contribution is -0.119. The Hall–Kier alpha value is -2.41. The average Bonchev–Trinajstić information content (AvgIpc) is 3.08. The number of carbonyl (C=O) groups excluding carboxylic acids is 2. The Balaban J connectivity index is 1.67. The number of thioether (sulfide) groups is 1. The first-order valence-corrected chi connectivity index (χ1v) is 11.8. The average molecular weight is 494 g/mol. The molecule has 6 heteroatoms. The molecule has 0 saturated carbocycles. The number of hydrogen-bond acceptors (Lipinski definition) is 4. The van der Waals surface area contributed by atoms with Gasteiger partial charge in [0.15, 0.2) is 5.78 Å². The lowest BCUT2D eigenvalue weighted by atomic mass is 9.76. The van der Waals surface area contributed by atoms with Crippen molar-refractivity contribution in [2.24, 2.45) is 0 Å². The summed E-state index contributed by atoms with van der Waals surface area (Å²) in [6.07, 6.45) is -0.554. The molecule has 5 rings (SSSR count). The van der Waals surface area contributed by atoms with Crippen LogP contribution in [0.1, 0.15) is 33.8 Å². The summed E-state index contributed by atoms with van der Waals surface area (Å²) >= 11 is 4.93. The molecular weight excluding hydrogens is 474 g/mol. The number of Topliss-reactive ketones (excluding diaryl/α,β-unsaturated/α-hetero) is 1. The van der Waals surface area contributed by atoms with E-state index in [2.05, 4.69) is 21.2 Å². The van der Waals surface area contributed by atoms with Crippen molar-refractivity contribution in [2.45, 2.75) is 28.4 Å². The van der Waals surface area contributed by atoms with Crippen LogP contribution in [0.3, 0.4) is 0 Å². The van der Waals surface area contributed by atoms with E-state index >= 15 is 0 Å². The molecule has 0 unspecified atom stereocenters. The maximum absolute atomic E-state index is 13.6. The van der Waals surface area contributed by atoms with Crippen molar-refractivity contribution in [3.05, 3.63) is 100 Å². The van der Waals surface area contributed by atoms with E-state index < -0.39 is 16.1 Å². The number of ketones is 1. The van der Waals surface area contributed by atoms with Crippen molar-refractivity contribution in [2.75, 3.05) is 5.32 Å². The fraction of sp³-hybridized carbons (Fsp3) is 0.200. The summed E-state index contributed by atoms with van der Waals surface area (Å²) in [5, 5.41) is 13.4. The molecule has 3 aromatic carbocycles. The van der Waals surface area contributed by atoms with Crippen molar-refractivity contribution >= 4 is 45.1 Å². The molecule has 0 aromatic heterocycles. The van der Waals surface area contributed by atoms with Gasteiger partial charge >= 0.3 is 0 Å². The number of halogens is 1. The van der Waals surface area contributed by atoms with Gasteiger partial charge in [0.2, 0.25) is 5.91 Å². The zero-order valence-corrected chi connectivity index (χ0v) is 18.9. The number of benzene rings is 3. The molecule has 31 heavy (non-hydrogen) atoms. The Kier molecular flexibility index (Phi) is 5.24. The number of amides is 1. The fourth-order valence-corrected chi connectivity index (χ4v) is 7.34. The Morgan fingerprint density at radius 2 is 1.68 bits per heavy atom. The minimum Gasteiger partial charge on any atom is -0.391 e. The fourth-order valence-electron chi connectivity index (χ4n) is 4.72. The van der Waals surface area contributed by atoms with E-state index in [1.54, 1.807) is 12.1 Å². The molecule has 0 radical (unpaired) electrons.